The van der Waals surface area contributed by atoms with E-state index in [1.165, 1.54) is 4.31 Å². The van der Waals surface area contributed by atoms with Gasteiger partial charge in [-0.05, 0) is 43.9 Å². The van der Waals surface area contributed by atoms with Crippen LogP contribution in [0.2, 0.25) is 0 Å². The molecule has 1 aromatic rings. The van der Waals surface area contributed by atoms with Gasteiger partial charge in [0, 0.05) is 19.0 Å². The molecule has 1 aliphatic rings. The second kappa shape index (κ2) is 6.03. The number of rotatable bonds is 3. The first-order chi connectivity index (χ1) is 9.86. The summed E-state index contributed by atoms with van der Waals surface area (Å²) in [5.41, 5.74) is 7.26. The van der Waals surface area contributed by atoms with Gasteiger partial charge in [0.1, 0.15) is 5.84 Å². The van der Waals surface area contributed by atoms with Crippen LogP contribution in [-0.2, 0) is 10.0 Å². The van der Waals surface area contributed by atoms with Crippen LogP contribution in [-0.4, -0.2) is 36.9 Å². The molecule has 0 saturated carbocycles. The van der Waals surface area contributed by atoms with E-state index < -0.39 is 10.0 Å². The Labute approximate surface area is 125 Å². The Hall–Kier alpha value is -1.60. The molecule has 1 aromatic carbocycles. The third kappa shape index (κ3) is 3.19. The largest absolute Gasteiger partial charge is 0.409 e. The Morgan fingerprint density at radius 3 is 2.81 bits per heavy atom. The van der Waals surface area contributed by atoms with E-state index in [2.05, 4.69) is 5.16 Å². The second-order valence-corrected chi connectivity index (χ2v) is 7.40. The Balaban J connectivity index is 2.33. The van der Waals surface area contributed by atoms with E-state index in [0.717, 1.165) is 17.5 Å². The molecule has 116 valence electrons. The Kier molecular flexibility index (Phi) is 4.53. The summed E-state index contributed by atoms with van der Waals surface area (Å²) in [7, 11) is -3.55. The van der Waals surface area contributed by atoms with E-state index in [4.69, 9.17) is 10.9 Å². The van der Waals surface area contributed by atoms with Gasteiger partial charge in [0.05, 0.1) is 4.90 Å². The predicted octanol–water partition coefficient (Wildman–Crippen LogP) is 1.45. The number of oxime groups is 1. The van der Waals surface area contributed by atoms with E-state index >= 15 is 0 Å². The minimum atomic E-state index is -3.55. The van der Waals surface area contributed by atoms with Crippen LogP contribution in [0.5, 0.6) is 0 Å². The molecule has 7 heteroatoms. The maximum absolute atomic E-state index is 12.8. The van der Waals surface area contributed by atoms with Crippen LogP contribution >= 0.6 is 0 Å². The standard InChI is InChI=1S/C14H21N3O3S/c1-10-5-6-11(2)13(8-10)21(19,20)17-7-3-4-12(9-17)14(15)16-18/h5-6,8,12,18H,3-4,7,9H2,1-2H3,(H2,15,16). The van der Waals surface area contributed by atoms with E-state index in [1.54, 1.807) is 13.0 Å². The van der Waals surface area contributed by atoms with Crippen molar-refractivity contribution in [1.82, 2.24) is 4.31 Å². The molecule has 1 heterocycles. The van der Waals surface area contributed by atoms with Crippen molar-refractivity contribution in [3.8, 4) is 0 Å². The van der Waals surface area contributed by atoms with Crippen LogP contribution in [0.15, 0.2) is 28.3 Å². The van der Waals surface area contributed by atoms with E-state index in [-0.39, 0.29) is 18.3 Å². The van der Waals surface area contributed by atoms with Gasteiger partial charge >= 0.3 is 0 Å². The van der Waals surface area contributed by atoms with Gasteiger partial charge in [-0.2, -0.15) is 4.31 Å². The summed E-state index contributed by atoms with van der Waals surface area (Å²) in [6, 6.07) is 5.40. The van der Waals surface area contributed by atoms with Crippen LogP contribution < -0.4 is 5.73 Å². The monoisotopic (exact) mass is 311 g/mol. The minimum Gasteiger partial charge on any atom is -0.409 e. The van der Waals surface area contributed by atoms with Crippen molar-refractivity contribution >= 4 is 15.9 Å². The second-order valence-electron chi connectivity index (χ2n) is 5.50. The first kappa shape index (κ1) is 15.8. The lowest BCUT2D eigenvalue weighted by atomic mass is 9.99. The van der Waals surface area contributed by atoms with Crippen molar-refractivity contribution in [2.45, 2.75) is 31.6 Å². The molecule has 1 atom stereocenters. The first-order valence-corrected chi connectivity index (χ1v) is 8.35. The number of benzene rings is 1. The summed E-state index contributed by atoms with van der Waals surface area (Å²) in [4.78, 5) is 0.336. The number of aryl methyl sites for hydroxylation is 2. The SMILES string of the molecule is Cc1ccc(C)c(S(=O)(=O)N2CCCC(C(N)=NO)C2)c1. The molecule has 0 aromatic heterocycles. The van der Waals surface area contributed by atoms with Gasteiger partial charge in [0.15, 0.2) is 0 Å². The van der Waals surface area contributed by atoms with Crippen molar-refractivity contribution < 1.29 is 13.6 Å². The number of nitrogens with two attached hydrogens (primary N) is 1. The molecule has 1 fully saturated rings. The summed E-state index contributed by atoms with van der Waals surface area (Å²) in [5, 5.41) is 11.8. The van der Waals surface area contributed by atoms with Gasteiger partial charge in [0.25, 0.3) is 0 Å². The Bertz CT molecular complexity index is 655. The zero-order valence-corrected chi connectivity index (χ0v) is 13.1. The average molecular weight is 311 g/mol. The van der Waals surface area contributed by atoms with Crippen molar-refractivity contribution in [3.05, 3.63) is 29.3 Å². The molecule has 0 bridgehead atoms. The molecule has 2 rings (SSSR count). The molecule has 0 spiro atoms. The molecule has 1 saturated heterocycles. The highest BCUT2D eigenvalue weighted by Crippen LogP contribution is 2.26. The highest BCUT2D eigenvalue weighted by atomic mass is 32.2. The molecule has 6 nitrogen and oxygen atoms in total. The number of nitrogens with zero attached hydrogens (tertiary/aromatic N) is 2. The fourth-order valence-corrected chi connectivity index (χ4v) is 4.44. The summed E-state index contributed by atoms with van der Waals surface area (Å²) in [6.07, 6.45) is 1.43. The third-order valence-electron chi connectivity index (χ3n) is 3.88. The Morgan fingerprint density at radius 2 is 2.14 bits per heavy atom. The molecule has 1 unspecified atom stereocenters. The van der Waals surface area contributed by atoms with Crippen LogP contribution in [0.25, 0.3) is 0 Å². The first-order valence-electron chi connectivity index (χ1n) is 6.91. The van der Waals surface area contributed by atoms with Crippen molar-refractivity contribution in [2.75, 3.05) is 13.1 Å². The fourth-order valence-electron chi connectivity index (χ4n) is 2.61. The lowest BCUT2D eigenvalue weighted by Gasteiger charge is -2.31. The third-order valence-corrected chi connectivity index (χ3v) is 5.89. The molecule has 1 aliphatic heterocycles. The normalized spacial score (nSPS) is 21.4. The van der Waals surface area contributed by atoms with Crippen LogP contribution in [0.3, 0.4) is 0 Å². The average Bonchev–Trinajstić information content (AvgIpc) is 2.49. The highest BCUT2D eigenvalue weighted by Gasteiger charge is 2.32. The smallest absolute Gasteiger partial charge is 0.243 e. The summed E-state index contributed by atoms with van der Waals surface area (Å²) in [5.74, 6) is -0.139. The van der Waals surface area contributed by atoms with Crippen molar-refractivity contribution in [3.63, 3.8) is 0 Å². The van der Waals surface area contributed by atoms with Crippen molar-refractivity contribution in [2.24, 2.45) is 16.8 Å². The van der Waals surface area contributed by atoms with E-state index in [0.29, 0.717) is 17.9 Å². The summed E-state index contributed by atoms with van der Waals surface area (Å²) >= 11 is 0. The number of hydrogen-bond donors (Lipinski definition) is 2. The number of amidine groups is 1. The number of hydrogen-bond acceptors (Lipinski definition) is 4. The maximum Gasteiger partial charge on any atom is 0.243 e. The maximum atomic E-state index is 12.8. The van der Waals surface area contributed by atoms with Gasteiger partial charge in [-0.25, -0.2) is 8.42 Å². The van der Waals surface area contributed by atoms with Crippen LogP contribution in [0.1, 0.15) is 24.0 Å². The van der Waals surface area contributed by atoms with E-state index in [1.807, 2.05) is 19.1 Å². The number of sulfonamides is 1. The zero-order valence-electron chi connectivity index (χ0n) is 12.3. The molecule has 0 amide bonds. The molecular formula is C14H21N3O3S. The summed E-state index contributed by atoms with van der Waals surface area (Å²) in [6.45, 7) is 4.38. The van der Waals surface area contributed by atoms with Gasteiger partial charge in [-0.1, -0.05) is 17.3 Å². The molecule has 21 heavy (non-hydrogen) atoms. The highest BCUT2D eigenvalue weighted by molar-refractivity contribution is 7.89. The summed E-state index contributed by atoms with van der Waals surface area (Å²) < 4.78 is 27.0. The Morgan fingerprint density at radius 1 is 1.43 bits per heavy atom. The van der Waals surface area contributed by atoms with E-state index in [9.17, 15) is 8.42 Å². The van der Waals surface area contributed by atoms with Gasteiger partial charge in [-0.15, -0.1) is 0 Å². The number of piperidine rings is 1. The topological polar surface area (TPSA) is 96.0 Å². The molecule has 3 N–H and O–H groups in total. The lowest BCUT2D eigenvalue weighted by molar-refractivity contribution is 0.287. The molecule has 0 aliphatic carbocycles. The minimum absolute atomic E-state index is 0.0934. The van der Waals surface area contributed by atoms with Gasteiger partial charge in [-0.3, -0.25) is 0 Å². The van der Waals surface area contributed by atoms with Crippen molar-refractivity contribution in [1.29, 1.82) is 0 Å². The fraction of sp³-hybridized carbons (Fsp3) is 0.500. The quantitative estimate of drug-likeness (QED) is 0.382. The van der Waals surface area contributed by atoms with Crippen LogP contribution in [0, 0.1) is 19.8 Å². The lowest BCUT2D eigenvalue weighted by Crippen LogP contribution is -2.44. The molecular weight excluding hydrogens is 290 g/mol. The zero-order chi connectivity index (χ0) is 15.6. The van der Waals surface area contributed by atoms with Gasteiger partial charge in [0.2, 0.25) is 10.0 Å². The molecule has 0 radical (unpaired) electrons. The van der Waals surface area contributed by atoms with Gasteiger partial charge < -0.3 is 10.9 Å². The van der Waals surface area contributed by atoms with Crippen LogP contribution in [0.4, 0.5) is 0 Å². The predicted molar refractivity (Wildman–Crippen MR) is 80.8 cm³/mol.